The van der Waals surface area contributed by atoms with Crippen LogP contribution < -0.4 is 0 Å². The first kappa shape index (κ1) is 11.1. The number of thiophene rings is 1. The summed E-state index contributed by atoms with van der Waals surface area (Å²) in [7, 11) is -3.36. The number of aliphatic hydroxyl groups excluding tert-OH is 1. The first-order valence-electron chi connectivity index (χ1n) is 4.75. The summed E-state index contributed by atoms with van der Waals surface area (Å²) in [6, 6.07) is 3.42. The Labute approximate surface area is 93.2 Å². The maximum absolute atomic E-state index is 12.0. The van der Waals surface area contributed by atoms with Crippen molar-refractivity contribution in [3.8, 4) is 0 Å². The molecule has 1 N–H and O–H groups in total. The number of sulfonamides is 1. The minimum absolute atomic E-state index is 0.222. The molecule has 0 amide bonds. The molecule has 2 rings (SSSR count). The van der Waals surface area contributed by atoms with E-state index in [0.717, 1.165) is 4.88 Å². The molecule has 0 unspecified atom stereocenters. The lowest BCUT2D eigenvalue weighted by molar-refractivity contribution is 0.189. The molecule has 0 saturated carbocycles. The standard InChI is InChI=1S/C9H13NO3S2/c1-7-2-3-9(14-7)15(12,13)10-5-4-8(11)6-10/h2-3,8,11H,4-6H2,1H3/t8-/m1/s1. The quantitative estimate of drug-likeness (QED) is 0.841. The molecule has 0 aliphatic carbocycles. The van der Waals surface area contributed by atoms with Crippen LogP contribution in [0.15, 0.2) is 16.3 Å². The van der Waals surface area contributed by atoms with E-state index in [-0.39, 0.29) is 6.54 Å². The predicted octanol–water partition coefficient (Wildman–Crippen LogP) is 0.812. The van der Waals surface area contributed by atoms with Crippen LogP contribution in [0.4, 0.5) is 0 Å². The molecule has 4 nitrogen and oxygen atoms in total. The molecule has 6 heteroatoms. The van der Waals surface area contributed by atoms with Gasteiger partial charge >= 0.3 is 0 Å². The van der Waals surface area contributed by atoms with E-state index in [1.165, 1.54) is 15.6 Å². The third kappa shape index (κ3) is 2.08. The zero-order valence-electron chi connectivity index (χ0n) is 8.38. The molecular formula is C9H13NO3S2. The first-order valence-corrected chi connectivity index (χ1v) is 7.00. The summed E-state index contributed by atoms with van der Waals surface area (Å²) in [5, 5.41) is 9.31. The highest BCUT2D eigenvalue weighted by molar-refractivity contribution is 7.91. The van der Waals surface area contributed by atoms with Crippen molar-refractivity contribution in [1.82, 2.24) is 4.31 Å². The van der Waals surface area contributed by atoms with Gasteiger partial charge in [-0.1, -0.05) is 0 Å². The second-order valence-electron chi connectivity index (χ2n) is 3.67. The summed E-state index contributed by atoms with van der Waals surface area (Å²) in [5.41, 5.74) is 0. The molecule has 1 aliphatic rings. The Balaban J connectivity index is 2.27. The minimum Gasteiger partial charge on any atom is -0.392 e. The largest absolute Gasteiger partial charge is 0.392 e. The fraction of sp³-hybridized carbons (Fsp3) is 0.556. The Morgan fingerprint density at radius 3 is 2.73 bits per heavy atom. The zero-order chi connectivity index (χ0) is 11.1. The van der Waals surface area contributed by atoms with Crippen molar-refractivity contribution in [2.75, 3.05) is 13.1 Å². The third-order valence-corrected chi connectivity index (χ3v) is 5.77. The fourth-order valence-corrected chi connectivity index (χ4v) is 4.54. The van der Waals surface area contributed by atoms with Crippen molar-refractivity contribution < 1.29 is 13.5 Å². The van der Waals surface area contributed by atoms with Crippen LogP contribution in [0.3, 0.4) is 0 Å². The number of β-amino-alcohol motifs (C(OH)–C–C–N with tert-alkyl or cyclic N) is 1. The Bertz CT molecular complexity index is 452. The summed E-state index contributed by atoms with van der Waals surface area (Å²) in [5.74, 6) is 0. The van der Waals surface area contributed by atoms with Gasteiger partial charge in [-0.25, -0.2) is 8.42 Å². The van der Waals surface area contributed by atoms with Crippen LogP contribution in [0, 0.1) is 6.92 Å². The lowest BCUT2D eigenvalue weighted by Gasteiger charge is -2.13. The van der Waals surface area contributed by atoms with Crippen LogP contribution in [-0.2, 0) is 10.0 Å². The van der Waals surface area contributed by atoms with E-state index in [0.29, 0.717) is 17.2 Å². The van der Waals surface area contributed by atoms with Gasteiger partial charge in [-0.3, -0.25) is 0 Å². The maximum atomic E-state index is 12.0. The molecule has 15 heavy (non-hydrogen) atoms. The topological polar surface area (TPSA) is 57.6 Å². The molecule has 84 valence electrons. The molecule has 1 aliphatic heterocycles. The van der Waals surface area contributed by atoms with Crippen LogP contribution in [0.1, 0.15) is 11.3 Å². The molecule has 0 bridgehead atoms. The van der Waals surface area contributed by atoms with Gasteiger partial charge in [-0.15, -0.1) is 11.3 Å². The van der Waals surface area contributed by atoms with E-state index in [4.69, 9.17) is 0 Å². The van der Waals surface area contributed by atoms with Crippen LogP contribution in [0.5, 0.6) is 0 Å². The van der Waals surface area contributed by atoms with Gasteiger partial charge in [0.2, 0.25) is 0 Å². The van der Waals surface area contributed by atoms with Gasteiger partial charge in [0.05, 0.1) is 6.10 Å². The Morgan fingerprint density at radius 2 is 2.27 bits per heavy atom. The predicted molar refractivity (Wildman–Crippen MR) is 58.4 cm³/mol. The van der Waals surface area contributed by atoms with Crippen LogP contribution in [0.25, 0.3) is 0 Å². The van der Waals surface area contributed by atoms with Crippen LogP contribution >= 0.6 is 11.3 Å². The highest BCUT2D eigenvalue weighted by atomic mass is 32.2. The van der Waals surface area contributed by atoms with Gasteiger partial charge in [0, 0.05) is 18.0 Å². The SMILES string of the molecule is Cc1ccc(S(=O)(=O)N2CC[C@@H](O)C2)s1. The molecule has 1 saturated heterocycles. The van der Waals surface area contributed by atoms with Gasteiger partial charge in [-0.05, 0) is 25.5 Å². The molecule has 1 aromatic rings. The summed E-state index contributed by atoms with van der Waals surface area (Å²) in [6.07, 6.45) is 0.0182. The average molecular weight is 247 g/mol. The number of nitrogens with zero attached hydrogens (tertiary/aromatic N) is 1. The van der Waals surface area contributed by atoms with Gasteiger partial charge < -0.3 is 5.11 Å². The summed E-state index contributed by atoms with van der Waals surface area (Å²) in [4.78, 5) is 0.980. The van der Waals surface area contributed by atoms with E-state index in [2.05, 4.69) is 0 Å². The summed E-state index contributed by atoms with van der Waals surface area (Å²) in [6.45, 7) is 2.52. The van der Waals surface area contributed by atoms with Crippen molar-refractivity contribution in [2.45, 2.75) is 23.7 Å². The second kappa shape index (κ2) is 3.86. The number of hydrogen-bond donors (Lipinski definition) is 1. The van der Waals surface area contributed by atoms with Crippen LogP contribution in [0.2, 0.25) is 0 Å². The summed E-state index contributed by atoms with van der Waals surface area (Å²) >= 11 is 1.27. The lowest BCUT2D eigenvalue weighted by atomic mass is 10.3. The summed E-state index contributed by atoms with van der Waals surface area (Å²) < 4.78 is 25.8. The maximum Gasteiger partial charge on any atom is 0.252 e. The number of rotatable bonds is 2. The number of hydrogen-bond acceptors (Lipinski definition) is 4. The van der Waals surface area contributed by atoms with Crippen LogP contribution in [-0.4, -0.2) is 37.0 Å². The van der Waals surface area contributed by atoms with E-state index >= 15 is 0 Å². The van der Waals surface area contributed by atoms with Crippen molar-refractivity contribution in [3.63, 3.8) is 0 Å². The minimum atomic E-state index is -3.36. The van der Waals surface area contributed by atoms with Crippen molar-refractivity contribution in [1.29, 1.82) is 0 Å². The smallest absolute Gasteiger partial charge is 0.252 e. The van der Waals surface area contributed by atoms with E-state index < -0.39 is 16.1 Å². The monoisotopic (exact) mass is 247 g/mol. The molecule has 1 atom stereocenters. The van der Waals surface area contributed by atoms with E-state index in [1.54, 1.807) is 12.1 Å². The molecule has 0 aromatic carbocycles. The Kier molecular flexibility index (Phi) is 2.85. The van der Waals surface area contributed by atoms with Gasteiger partial charge in [0.25, 0.3) is 10.0 Å². The normalized spacial score (nSPS) is 23.5. The molecular weight excluding hydrogens is 234 g/mol. The molecule has 1 aromatic heterocycles. The molecule has 0 radical (unpaired) electrons. The fourth-order valence-electron chi connectivity index (χ4n) is 1.61. The van der Waals surface area contributed by atoms with Crippen molar-refractivity contribution >= 4 is 21.4 Å². The van der Waals surface area contributed by atoms with Crippen molar-refractivity contribution in [2.24, 2.45) is 0 Å². The Morgan fingerprint density at radius 1 is 1.53 bits per heavy atom. The van der Waals surface area contributed by atoms with Crippen molar-refractivity contribution in [3.05, 3.63) is 17.0 Å². The number of aryl methyl sites for hydroxylation is 1. The van der Waals surface area contributed by atoms with Gasteiger partial charge in [0.15, 0.2) is 0 Å². The highest BCUT2D eigenvalue weighted by Gasteiger charge is 2.32. The Hall–Kier alpha value is -0.430. The first-order chi connectivity index (χ1) is 7.00. The van der Waals surface area contributed by atoms with E-state index in [1.807, 2.05) is 6.92 Å². The van der Waals surface area contributed by atoms with E-state index in [9.17, 15) is 13.5 Å². The average Bonchev–Trinajstić information content (AvgIpc) is 2.74. The second-order valence-corrected chi connectivity index (χ2v) is 7.12. The third-order valence-electron chi connectivity index (χ3n) is 2.44. The molecule has 2 heterocycles. The van der Waals surface area contributed by atoms with Gasteiger partial charge in [0.1, 0.15) is 4.21 Å². The molecule has 0 spiro atoms. The van der Waals surface area contributed by atoms with Gasteiger partial charge in [-0.2, -0.15) is 4.31 Å². The molecule has 1 fully saturated rings. The zero-order valence-corrected chi connectivity index (χ0v) is 10.0. The lowest BCUT2D eigenvalue weighted by Crippen LogP contribution is -2.29. The number of aliphatic hydroxyl groups is 1. The highest BCUT2D eigenvalue weighted by Crippen LogP contribution is 2.26.